The van der Waals surface area contributed by atoms with Crippen molar-refractivity contribution in [1.82, 2.24) is 9.47 Å². The number of anilines is 1. The van der Waals surface area contributed by atoms with Gasteiger partial charge in [-0.05, 0) is 67.4 Å². The van der Waals surface area contributed by atoms with E-state index in [0.29, 0.717) is 40.4 Å². The fourth-order valence-electron chi connectivity index (χ4n) is 4.66. The maximum absolute atomic E-state index is 12.5. The predicted octanol–water partition coefficient (Wildman–Crippen LogP) is 5.60. The van der Waals surface area contributed by atoms with Crippen molar-refractivity contribution in [2.75, 3.05) is 50.8 Å². The molecular weight excluding hydrogens is 553 g/mol. The van der Waals surface area contributed by atoms with Gasteiger partial charge in [0.15, 0.2) is 0 Å². The molecule has 0 bridgehead atoms. The Morgan fingerprint density at radius 1 is 0.950 bits per heavy atom. The molecule has 1 atom stereocenters. The first-order valence-corrected chi connectivity index (χ1v) is 14.7. The largest absolute Gasteiger partial charge is 0.494 e. The number of aliphatic hydroxyl groups excluding tert-OH is 1. The molecule has 218 valence electrons. The van der Waals surface area contributed by atoms with Crippen molar-refractivity contribution in [3.63, 3.8) is 0 Å². The van der Waals surface area contributed by atoms with Crippen LogP contribution in [0.1, 0.15) is 33.1 Å². The third-order valence-electron chi connectivity index (χ3n) is 7.05. The number of halogens is 2. The number of pyridine rings is 1. The minimum Gasteiger partial charge on any atom is -0.494 e. The number of aliphatic hydroxyl groups is 1. The topological polar surface area (TPSA) is 76.4 Å². The molecule has 1 fully saturated rings. The minimum atomic E-state index is -1.39. The van der Waals surface area contributed by atoms with E-state index in [2.05, 4.69) is 23.6 Å². The Kier molecular flexibility index (Phi) is 11.5. The molecule has 0 spiro atoms. The molecule has 2 aromatic carbocycles. The Bertz CT molecular complexity index is 1290. The number of hydrogen-bond acceptors (Lipinski definition) is 7. The molecule has 0 amide bonds. The highest BCUT2D eigenvalue weighted by Gasteiger charge is 2.19. The summed E-state index contributed by atoms with van der Waals surface area (Å²) in [6, 6.07) is 14.7. The second-order valence-corrected chi connectivity index (χ2v) is 11.2. The molecule has 1 unspecified atom stereocenters. The number of ether oxygens (including phenoxy) is 3. The number of hydrogen-bond donors (Lipinski definition) is 1. The normalized spacial score (nSPS) is 15.2. The molecule has 1 N–H and O–H groups in total. The maximum Gasteiger partial charge on any atom is 0.270 e. The van der Waals surface area contributed by atoms with Gasteiger partial charge in [-0.2, -0.15) is 0 Å². The third-order valence-corrected chi connectivity index (χ3v) is 7.86. The number of benzene rings is 2. The molecule has 1 saturated heterocycles. The van der Waals surface area contributed by atoms with Crippen LogP contribution in [0.4, 0.5) is 5.69 Å². The van der Waals surface area contributed by atoms with Crippen LogP contribution in [0.15, 0.2) is 53.3 Å². The van der Waals surface area contributed by atoms with Gasteiger partial charge in [0.2, 0.25) is 0 Å². The van der Waals surface area contributed by atoms with Crippen molar-refractivity contribution < 1.29 is 19.3 Å². The molecule has 4 rings (SSSR count). The highest BCUT2D eigenvalue weighted by Crippen LogP contribution is 2.33. The zero-order valence-electron chi connectivity index (χ0n) is 23.2. The average Bonchev–Trinajstić information content (AvgIpc) is 2.94. The monoisotopic (exact) mass is 591 g/mol. The van der Waals surface area contributed by atoms with E-state index in [1.807, 2.05) is 36.4 Å². The zero-order chi connectivity index (χ0) is 28.5. The highest BCUT2D eigenvalue weighted by atomic mass is 35.5. The highest BCUT2D eigenvalue weighted by molar-refractivity contribution is 6.43. The molecule has 0 aliphatic carbocycles. The van der Waals surface area contributed by atoms with Gasteiger partial charge in [-0.3, -0.25) is 14.3 Å². The summed E-state index contributed by atoms with van der Waals surface area (Å²) >= 11 is 12.6. The first-order chi connectivity index (χ1) is 19.3. The van der Waals surface area contributed by atoms with Crippen LogP contribution in [0.25, 0.3) is 10.9 Å². The van der Waals surface area contributed by atoms with E-state index < -0.39 is 6.48 Å². The number of rotatable bonds is 14. The van der Waals surface area contributed by atoms with E-state index in [-0.39, 0.29) is 12.3 Å². The Hall–Kier alpha value is -2.33. The molecule has 10 heteroatoms. The summed E-state index contributed by atoms with van der Waals surface area (Å²) in [5, 5.41) is 12.1. The van der Waals surface area contributed by atoms with Crippen molar-refractivity contribution in [2.24, 2.45) is 5.92 Å². The summed E-state index contributed by atoms with van der Waals surface area (Å²) in [5.74, 6) is 1.15. The number of piperazine rings is 1. The smallest absolute Gasteiger partial charge is 0.270 e. The van der Waals surface area contributed by atoms with Gasteiger partial charge in [-0.15, -0.1) is 0 Å². The van der Waals surface area contributed by atoms with Crippen LogP contribution in [-0.4, -0.2) is 67.0 Å². The van der Waals surface area contributed by atoms with Crippen molar-refractivity contribution >= 4 is 39.8 Å². The van der Waals surface area contributed by atoms with Crippen LogP contribution in [0.3, 0.4) is 0 Å². The van der Waals surface area contributed by atoms with E-state index in [9.17, 15) is 9.90 Å². The van der Waals surface area contributed by atoms with Crippen molar-refractivity contribution in [3.05, 3.63) is 68.9 Å². The molecule has 40 heavy (non-hydrogen) atoms. The lowest BCUT2D eigenvalue weighted by atomic mass is 10.1. The lowest BCUT2D eigenvalue weighted by Crippen LogP contribution is -2.46. The SMILES string of the molecule is CC(C)CCOC(O)OCn1c(=O)ccc2ccc(OCCCCN3CCN(c4cccc(Cl)c4Cl)CC3)cc21. The molecular formula is C30H39Cl2N3O5. The molecule has 2 heterocycles. The van der Waals surface area contributed by atoms with E-state index in [0.717, 1.165) is 63.1 Å². The van der Waals surface area contributed by atoms with Crippen LogP contribution in [0, 0.1) is 5.92 Å². The van der Waals surface area contributed by atoms with Gasteiger partial charge in [0, 0.05) is 38.3 Å². The Morgan fingerprint density at radius 3 is 2.50 bits per heavy atom. The van der Waals surface area contributed by atoms with E-state index in [4.69, 9.17) is 37.4 Å². The second kappa shape index (κ2) is 15.1. The third kappa shape index (κ3) is 8.59. The first kappa shape index (κ1) is 30.6. The lowest BCUT2D eigenvalue weighted by molar-refractivity contribution is -0.277. The van der Waals surface area contributed by atoms with E-state index in [1.54, 1.807) is 6.07 Å². The molecule has 1 aromatic heterocycles. The van der Waals surface area contributed by atoms with Gasteiger partial charge in [-0.25, -0.2) is 0 Å². The summed E-state index contributed by atoms with van der Waals surface area (Å²) in [7, 11) is 0. The second-order valence-electron chi connectivity index (χ2n) is 10.4. The summed E-state index contributed by atoms with van der Waals surface area (Å²) in [5.41, 5.74) is 1.45. The van der Waals surface area contributed by atoms with Gasteiger partial charge in [0.1, 0.15) is 12.5 Å². The molecule has 8 nitrogen and oxygen atoms in total. The summed E-state index contributed by atoms with van der Waals surface area (Å²) in [4.78, 5) is 17.3. The number of aromatic nitrogens is 1. The average molecular weight is 593 g/mol. The molecule has 1 aliphatic rings. The van der Waals surface area contributed by atoms with Crippen LogP contribution >= 0.6 is 23.2 Å². The Labute approximate surface area is 245 Å². The van der Waals surface area contributed by atoms with E-state index >= 15 is 0 Å². The summed E-state index contributed by atoms with van der Waals surface area (Å²) in [6.45, 7) is 8.41. The summed E-state index contributed by atoms with van der Waals surface area (Å²) < 4.78 is 18.1. The molecule has 0 radical (unpaired) electrons. The zero-order valence-corrected chi connectivity index (χ0v) is 24.7. The minimum absolute atomic E-state index is 0.126. The van der Waals surface area contributed by atoms with Crippen LogP contribution < -0.4 is 15.2 Å². The van der Waals surface area contributed by atoms with Gasteiger partial charge in [-0.1, -0.05) is 43.1 Å². The van der Waals surface area contributed by atoms with Crippen molar-refractivity contribution in [3.8, 4) is 5.75 Å². The Balaban J connectivity index is 1.22. The van der Waals surface area contributed by atoms with Crippen LogP contribution in [0.2, 0.25) is 10.0 Å². The predicted molar refractivity (Wildman–Crippen MR) is 161 cm³/mol. The maximum atomic E-state index is 12.5. The fraction of sp³-hybridized carbons (Fsp3) is 0.500. The van der Waals surface area contributed by atoms with Gasteiger partial charge in [0.25, 0.3) is 12.0 Å². The van der Waals surface area contributed by atoms with Gasteiger partial charge >= 0.3 is 0 Å². The van der Waals surface area contributed by atoms with Crippen molar-refractivity contribution in [2.45, 2.75) is 46.3 Å². The molecule has 0 saturated carbocycles. The number of nitrogens with zero attached hydrogens (tertiary/aromatic N) is 3. The van der Waals surface area contributed by atoms with Gasteiger partial charge < -0.3 is 24.2 Å². The number of unbranched alkanes of at least 4 members (excludes halogenated alkanes) is 1. The quantitative estimate of drug-likeness (QED) is 0.193. The Morgan fingerprint density at radius 2 is 1.73 bits per heavy atom. The molecule has 3 aromatic rings. The summed E-state index contributed by atoms with van der Waals surface area (Å²) in [6.07, 6.45) is 2.76. The first-order valence-electron chi connectivity index (χ1n) is 13.9. The van der Waals surface area contributed by atoms with Crippen LogP contribution in [-0.2, 0) is 16.2 Å². The van der Waals surface area contributed by atoms with Crippen molar-refractivity contribution in [1.29, 1.82) is 0 Å². The standard InChI is InChI=1S/C30H39Cl2N3O5/c1-22(2)12-19-39-30(37)40-21-35-27-20-24(10-8-23(27)9-11-28(35)36)38-18-4-3-13-33-14-16-34(17-15-33)26-7-5-6-25(31)29(26)32/h5-11,20,22,30,37H,3-4,12-19,21H2,1-2H3. The number of fused-ring (bicyclic) bond motifs is 1. The van der Waals surface area contributed by atoms with Crippen LogP contribution in [0.5, 0.6) is 5.75 Å². The van der Waals surface area contributed by atoms with Gasteiger partial charge in [0.05, 0.1) is 34.5 Å². The fourth-order valence-corrected chi connectivity index (χ4v) is 5.07. The lowest BCUT2D eigenvalue weighted by Gasteiger charge is -2.36. The molecule has 1 aliphatic heterocycles. The van der Waals surface area contributed by atoms with E-state index in [1.165, 1.54) is 10.6 Å².